The first kappa shape index (κ1) is 24.4. The lowest BCUT2D eigenvalue weighted by molar-refractivity contribution is 0.0341. The molecule has 0 aliphatic carbocycles. The lowest BCUT2D eigenvalue weighted by atomic mass is 10.1. The third-order valence-electron chi connectivity index (χ3n) is 4.83. The summed E-state index contributed by atoms with van der Waals surface area (Å²) in [5.41, 5.74) is 3.65. The van der Waals surface area contributed by atoms with Gasteiger partial charge in [0, 0.05) is 39.1 Å². The molecule has 2 heterocycles. The van der Waals surface area contributed by atoms with Gasteiger partial charge in [-0.05, 0) is 30.2 Å². The number of benzene rings is 1. The van der Waals surface area contributed by atoms with Gasteiger partial charge in [-0.1, -0.05) is 36.4 Å². The van der Waals surface area contributed by atoms with Gasteiger partial charge in [-0.3, -0.25) is 4.90 Å². The Hall–Kier alpha value is -1.84. The zero-order chi connectivity index (χ0) is 20.3. The maximum atomic E-state index is 5.46. The van der Waals surface area contributed by atoms with E-state index in [1.165, 1.54) is 11.1 Å². The van der Waals surface area contributed by atoms with Crippen molar-refractivity contribution < 1.29 is 9.15 Å². The van der Waals surface area contributed by atoms with E-state index in [0.29, 0.717) is 13.1 Å². The van der Waals surface area contributed by atoms with Gasteiger partial charge in [-0.15, -0.1) is 24.0 Å². The lowest BCUT2D eigenvalue weighted by Crippen LogP contribution is -2.39. The number of nitrogens with zero attached hydrogens (tertiary/aromatic N) is 2. The molecule has 0 unspecified atom stereocenters. The van der Waals surface area contributed by atoms with Crippen molar-refractivity contribution in [2.75, 3.05) is 39.4 Å². The second-order valence-corrected chi connectivity index (χ2v) is 7.39. The number of hydrogen-bond acceptors (Lipinski definition) is 4. The molecule has 2 aromatic rings. The molecule has 2 N–H and O–H groups in total. The zero-order valence-electron chi connectivity index (χ0n) is 17.7. The molecular formula is C23H33IN4O2. The van der Waals surface area contributed by atoms with Crippen LogP contribution in [0.4, 0.5) is 0 Å². The third kappa shape index (κ3) is 8.49. The van der Waals surface area contributed by atoms with E-state index in [4.69, 9.17) is 14.1 Å². The van der Waals surface area contributed by atoms with Gasteiger partial charge in [0.05, 0.1) is 26.0 Å². The molecule has 0 bridgehead atoms. The van der Waals surface area contributed by atoms with Crippen molar-refractivity contribution >= 4 is 29.9 Å². The highest BCUT2D eigenvalue weighted by Gasteiger charge is 2.12. The minimum atomic E-state index is 0. The van der Waals surface area contributed by atoms with Crippen LogP contribution in [0.2, 0.25) is 0 Å². The summed E-state index contributed by atoms with van der Waals surface area (Å²) < 4.78 is 10.9. The van der Waals surface area contributed by atoms with Gasteiger partial charge in [0.1, 0.15) is 5.76 Å². The van der Waals surface area contributed by atoms with Gasteiger partial charge in [0.25, 0.3) is 0 Å². The maximum absolute atomic E-state index is 5.46. The minimum Gasteiger partial charge on any atom is -0.469 e. The minimum absolute atomic E-state index is 0. The second-order valence-electron chi connectivity index (χ2n) is 7.39. The predicted molar refractivity (Wildman–Crippen MR) is 132 cm³/mol. The fourth-order valence-electron chi connectivity index (χ4n) is 3.20. The summed E-state index contributed by atoms with van der Waals surface area (Å²) in [7, 11) is 0. The highest BCUT2D eigenvalue weighted by Crippen LogP contribution is 2.14. The zero-order valence-corrected chi connectivity index (χ0v) is 20.1. The number of guanidine groups is 1. The van der Waals surface area contributed by atoms with E-state index in [1.807, 2.05) is 19.1 Å². The molecule has 1 saturated heterocycles. The van der Waals surface area contributed by atoms with Crippen molar-refractivity contribution in [2.45, 2.75) is 26.4 Å². The van der Waals surface area contributed by atoms with Crippen molar-refractivity contribution in [1.29, 1.82) is 0 Å². The molecule has 1 aromatic carbocycles. The summed E-state index contributed by atoms with van der Waals surface area (Å²) in [6, 6.07) is 12.4. The Kier molecular flexibility index (Phi) is 11.0. The molecule has 6 nitrogen and oxygen atoms in total. The molecule has 0 atom stereocenters. The van der Waals surface area contributed by atoms with E-state index < -0.39 is 0 Å². The Bertz CT molecular complexity index is 786. The van der Waals surface area contributed by atoms with Gasteiger partial charge in [-0.2, -0.15) is 0 Å². The molecule has 7 heteroatoms. The van der Waals surface area contributed by atoms with E-state index in [0.717, 1.165) is 63.1 Å². The fourth-order valence-corrected chi connectivity index (χ4v) is 3.20. The SMILES string of the molecule is C=C(C)CNC(=NCc1ccccc1CN1CCOCC1)NCCc1ccco1.I. The summed E-state index contributed by atoms with van der Waals surface area (Å²) in [4.78, 5) is 7.26. The van der Waals surface area contributed by atoms with Gasteiger partial charge in [-0.25, -0.2) is 4.99 Å². The fraction of sp³-hybridized carbons (Fsp3) is 0.435. The average molecular weight is 524 g/mol. The number of aliphatic imine (C=N–C) groups is 1. The molecule has 3 rings (SSSR count). The molecule has 0 saturated carbocycles. The number of ether oxygens (including phenoxy) is 1. The van der Waals surface area contributed by atoms with Crippen LogP contribution in [-0.4, -0.2) is 50.3 Å². The van der Waals surface area contributed by atoms with Crippen LogP contribution in [0.25, 0.3) is 0 Å². The molecular weight excluding hydrogens is 491 g/mol. The van der Waals surface area contributed by atoms with Crippen LogP contribution >= 0.6 is 24.0 Å². The van der Waals surface area contributed by atoms with Gasteiger partial charge in [0.15, 0.2) is 5.96 Å². The largest absolute Gasteiger partial charge is 0.469 e. The van der Waals surface area contributed by atoms with Gasteiger partial charge >= 0.3 is 0 Å². The van der Waals surface area contributed by atoms with Crippen LogP contribution in [0.5, 0.6) is 0 Å². The highest BCUT2D eigenvalue weighted by atomic mass is 127. The standard InChI is InChI=1S/C23H32N4O2.HI/c1-19(2)16-25-23(24-10-9-22-8-5-13-29-22)26-17-20-6-3-4-7-21(20)18-27-11-14-28-15-12-27;/h3-8,13H,1,9-12,14-18H2,2H3,(H2,24,25,26);1H. The number of morpholine rings is 1. The Morgan fingerprint density at radius 1 is 1.10 bits per heavy atom. The van der Waals surface area contributed by atoms with Gasteiger partial charge in [0.2, 0.25) is 0 Å². The highest BCUT2D eigenvalue weighted by molar-refractivity contribution is 14.0. The molecule has 30 heavy (non-hydrogen) atoms. The van der Waals surface area contributed by atoms with Crippen molar-refractivity contribution in [3.05, 3.63) is 71.7 Å². The van der Waals surface area contributed by atoms with E-state index in [9.17, 15) is 0 Å². The number of rotatable bonds is 9. The van der Waals surface area contributed by atoms with Crippen LogP contribution < -0.4 is 10.6 Å². The number of nitrogens with one attached hydrogen (secondary N) is 2. The second kappa shape index (κ2) is 13.5. The van der Waals surface area contributed by atoms with E-state index in [1.54, 1.807) is 6.26 Å². The van der Waals surface area contributed by atoms with Crippen LogP contribution in [0.1, 0.15) is 23.8 Å². The topological polar surface area (TPSA) is 62.0 Å². The lowest BCUT2D eigenvalue weighted by Gasteiger charge is -2.27. The normalized spacial score (nSPS) is 14.8. The molecule has 0 amide bonds. The predicted octanol–water partition coefficient (Wildman–Crippen LogP) is 3.58. The van der Waals surface area contributed by atoms with E-state index in [-0.39, 0.29) is 24.0 Å². The van der Waals surface area contributed by atoms with Crippen LogP contribution in [-0.2, 0) is 24.2 Å². The van der Waals surface area contributed by atoms with Crippen LogP contribution in [0, 0.1) is 0 Å². The monoisotopic (exact) mass is 524 g/mol. The maximum Gasteiger partial charge on any atom is 0.191 e. The first-order chi connectivity index (χ1) is 14.2. The first-order valence-corrected chi connectivity index (χ1v) is 10.3. The quantitative estimate of drug-likeness (QED) is 0.227. The summed E-state index contributed by atoms with van der Waals surface area (Å²) in [6.07, 6.45) is 2.52. The molecule has 1 aliphatic rings. The molecule has 0 radical (unpaired) electrons. The Morgan fingerprint density at radius 3 is 2.57 bits per heavy atom. The Labute approximate surface area is 196 Å². The molecule has 1 fully saturated rings. The smallest absolute Gasteiger partial charge is 0.191 e. The van der Waals surface area contributed by atoms with Crippen molar-refractivity contribution in [3.63, 3.8) is 0 Å². The molecule has 164 valence electrons. The number of hydrogen-bond donors (Lipinski definition) is 2. The summed E-state index contributed by atoms with van der Waals surface area (Å²) in [6.45, 7) is 12.6. The summed E-state index contributed by atoms with van der Waals surface area (Å²) >= 11 is 0. The van der Waals surface area contributed by atoms with Gasteiger partial charge < -0.3 is 19.8 Å². The Morgan fingerprint density at radius 2 is 1.87 bits per heavy atom. The van der Waals surface area contributed by atoms with Crippen molar-refractivity contribution in [1.82, 2.24) is 15.5 Å². The third-order valence-corrected chi connectivity index (χ3v) is 4.83. The van der Waals surface area contributed by atoms with Crippen molar-refractivity contribution in [2.24, 2.45) is 4.99 Å². The summed E-state index contributed by atoms with van der Waals surface area (Å²) in [5, 5.41) is 6.75. The van der Waals surface area contributed by atoms with Crippen LogP contribution in [0.3, 0.4) is 0 Å². The number of furan rings is 1. The summed E-state index contributed by atoms with van der Waals surface area (Å²) in [5.74, 6) is 1.76. The average Bonchev–Trinajstić information content (AvgIpc) is 3.25. The molecule has 0 spiro atoms. The first-order valence-electron chi connectivity index (χ1n) is 10.3. The van der Waals surface area contributed by atoms with Crippen molar-refractivity contribution in [3.8, 4) is 0 Å². The van der Waals surface area contributed by atoms with E-state index >= 15 is 0 Å². The molecule has 1 aliphatic heterocycles. The Balaban J connectivity index is 0.00000320. The number of halogens is 1. The van der Waals surface area contributed by atoms with Crippen LogP contribution in [0.15, 0.2) is 64.2 Å². The van der Waals surface area contributed by atoms with E-state index in [2.05, 4.69) is 46.4 Å². The molecule has 1 aromatic heterocycles.